The fraction of sp³-hybridized carbons (Fsp3) is 0.125. The lowest BCUT2D eigenvalue weighted by atomic mass is 10.2. The molecule has 0 unspecified atom stereocenters. The first-order valence-electron chi connectivity index (χ1n) is 9.82. The van der Waals surface area contributed by atoms with Crippen molar-refractivity contribution in [3.8, 4) is 28.6 Å². The molecule has 1 amide bonds. The van der Waals surface area contributed by atoms with Crippen molar-refractivity contribution in [3.05, 3.63) is 83.1 Å². The van der Waals surface area contributed by atoms with Crippen molar-refractivity contribution in [2.45, 2.75) is 6.92 Å². The highest BCUT2D eigenvalue weighted by molar-refractivity contribution is 6.30. The summed E-state index contributed by atoms with van der Waals surface area (Å²) in [6.45, 7) is 1.97. The number of para-hydroxylation sites is 1. The van der Waals surface area contributed by atoms with Crippen LogP contribution >= 0.6 is 11.6 Å². The van der Waals surface area contributed by atoms with Gasteiger partial charge in [-0.05, 0) is 42.8 Å². The van der Waals surface area contributed by atoms with Gasteiger partial charge < -0.3 is 14.8 Å². The molecule has 0 atom stereocenters. The van der Waals surface area contributed by atoms with Crippen LogP contribution in [0.15, 0.2) is 66.7 Å². The molecule has 0 saturated heterocycles. The molecule has 1 aromatic heterocycles. The quantitative estimate of drug-likeness (QED) is 0.440. The number of rotatable bonds is 6. The number of aryl methyl sites for hydroxylation is 1. The number of hydrogen-bond acceptors (Lipinski definition) is 5. The Morgan fingerprint density at radius 2 is 1.81 bits per heavy atom. The van der Waals surface area contributed by atoms with E-state index >= 15 is 0 Å². The zero-order chi connectivity index (χ0) is 22.7. The topological polar surface area (TPSA) is 78.3 Å². The highest BCUT2D eigenvalue weighted by Gasteiger charge is 2.21. The van der Waals surface area contributed by atoms with Gasteiger partial charge in [-0.15, -0.1) is 5.10 Å². The third kappa shape index (κ3) is 4.29. The average molecular weight is 449 g/mol. The fourth-order valence-corrected chi connectivity index (χ4v) is 3.47. The smallest absolute Gasteiger partial charge is 0.295 e. The number of amides is 1. The van der Waals surface area contributed by atoms with Gasteiger partial charge in [0.05, 0.1) is 25.6 Å². The summed E-state index contributed by atoms with van der Waals surface area (Å²) in [5.41, 5.74) is 3.00. The molecule has 0 spiro atoms. The fourth-order valence-electron chi connectivity index (χ4n) is 3.28. The molecule has 3 aromatic carbocycles. The molecule has 4 aromatic rings. The molecule has 7 nitrogen and oxygen atoms in total. The third-order valence-electron chi connectivity index (χ3n) is 4.89. The number of hydrogen-bond donors (Lipinski definition) is 1. The molecule has 8 heteroatoms. The molecule has 0 fully saturated rings. The second-order valence-corrected chi connectivity index (χ2v) is 7.42. The molecule has 0 aliphatic rings. The number of benzene rings is 3. The molecule has 162 valence electrons. The van der Waals surface area contributed by atoms with Crippen molar-refractivity contribution in [2.75, 3.05) is 19.5 Å². The van der Waals surface area contributed by atoms with Gasteiger partial charge in [-0.1, -0.05) is 41.9 Å². The van der Waals surface area contributed by atoms with Crippen LogP contribution in [0.1, 0.15) is 16.2 Å². The van der Waals surface area contributed by atoms with Gasteiger partial charge in [-0.3, -0.25) is 4.79 Å². The van der Waals surface area contributed by atoms with E-state index in [4.69, 9.17) is 21.1 Å². The summed E-state index contributed by atoms with van der Waals surface area (Å²) in [5.74, 6) is 1.11. The van der Waals surface area contributed by atoms with Gasteiger partial charge in [0.2, 0.25) is 5.82 Å². The number of carbonyl (C=O) groups excluding carboxylic acids is 1. The van der Waals surface area contributed by atoms with Crippen LogP contribution in [0, 0.1) is 6.92 Å². The maximum atomic E-state index is 13.1. The second-order valence-electron chi connectivity index (χ2n) is 6.99. The van der Waals surface area contributed by atoms with Gasteiger partial charge in [0.25, 0.3) is 5.91 Å². The number of halogens is 1. The van der Waals surface area contributed by atoms with Gasteiger partial charge in [0.1, 0.15) is 11.5 Å². The number of aromatic nitrogens is 3. The maximum absolute atomic E-state index is 13.1. The number of carbonyl (C=O) groups is 1. The Kier molecular flexibility index (Phi) is 6.09. The molecule has 0 radical (unpaired) electrons. The largest absolute Gasteiger partial charge is 0.497 e. The van der Waals surface area contributed by atoms with Gasteiger partial charge in [0.15, 0.2) is 5.82 Å². The predicted molar refractivity (Wildman–Crippen MR) is 124 cm³/mol. The number of nitrogens with zero attached hydrogens (tertiary/aromatic N) is 3. The van der Waals surface area contributed by atoms with E-state index in [9.17, 15) is 4.79 Å². The zero-order valence-electron chi connectivity index (χ0n) is 17.8. The number of methoxy groups -OCH3 is 2. The number of ether oxygens (including phenoxy) is 2. The van der Waals surface area contributed by atoms with Crippen molar-refractivity contribution >= 4 is 23.2 Å². The zero-order valence-corrected chi connectivity index (χ0v) is 18.6. The lowest BCUT2D eigenvalue weighted by Gasteiger charge is -2.10. The predicted octanol–water partition coefficient (Wildman–Crippen LogP) is 5.17. The summed E-state index contributed by atoms with van der Waals surface area (Å²) < 4.78 is 12.2. The van der Waals surface area contributed by atoms with Gasteiger partial charge >= 0.3 is 0 Å². The summed E-state index contributed by atoms with van der Waals surface area (Å²) in [7, 11) is 3.08. The molecule has 1 N–H and O–H groups in total. The van der Waals surface area contributed by atoms with E-state index < -0.39 is 5.91 Å². The Morgan fingerprint density at radius 1 is 1.00 bits per heavy atom. The van der Waals surface area contributed by atoms with Gasteiger partial charge in [0, 0.05) is 16.7 Å². The van der Waals surface area contributed by atoms with Gasteiger partial charge in [-0.25, -0.2) is 9.67 Å². The van der Waals surface area contributed by atoms with Crippen LogP contribution in [-0.4, -0.2) is 34.9 Å². The van der Waals surface area contributed by atoms with Crippen LogP contribution in [0.3, 0.4) is 0 Å². The van der Waals surface area contributed by atoms with Crippen molar-refractivity contribution in [1.29, 1.82) is 0 Å². The van der Waals surface area contributed by atoms with Crippen molar-refractivity contribution in [3.63, 3.8) is 0 Å². The molecule has 4 rings (SSSR count). The third-order valence-corrected chi connectivity index (χ3v) is 5.13. The first kappa shape index (κ1) is 21.4. The monoisotopic (exact) mass is 448 g/mol. The molecule has 0 aliphatic heterocycles. The number of anilines is 1. The van der Waals surface area contributed by atoms with E-state index in [1.807, 2.05) is 43.3 Å². The SMILES string of the molecule is COc1ccc(OC)c(NC(=O)c2nc(-c3cccc(Cl)c3)n(-c3ccccc3C)n2)c1. The lowest BCUT2D eigenvalue weighted by molar-refractivity contribution is 0.101. The molecule has 0 aliphatic carbocycles. The van der Waals surface area contributed by atoms with Crippen molar-refractivity contribution in [1.82, 2.24) is 14.8 Å². The minimum atomic E-state index is -0.479. The Bertz CT molecular complexity index is 1290. The minimum absolute atomic E-state index is 0.00750. The molecule has 0 saturated carbocycles. The molecular formula is C24H21ClN4O3. The van der Waals surface area contributed by atoms with E-state index in [-0.39, 0.29) is 5.82 Å². The maximum Gasteiger partial charge on any atom is 0.295 e. The molecule has 32 heavy (non-hydrogen) atoms. The highest BCUT2D eigenvalue weighted by atomic mass is 35.5. The Balaban J connectivity index is 1.78. The van der Waals surface area contributed by atoms with Crippen LogP contribution in [0.4, 0.5) is 5.69 Å². The van der Waals surface area contributed by atoms with Gasteiger partial charge in [-0.2, -0.15) is 0 Å². The normalized spacial score (nSPS) is 10.6. The lowest BCUT2D eigenvalue weighted by Crippen LogP contribution is -2.15. The van der Waals surface area contributed by atoms with Crippen LogP contribution in [0.5, 0.6) is 11.5 Å². The van der Waals surface area contributed by atoms with Crippen LogP contribution in [0.2, 0.25) is 5.02 Å². The molecular weight excluding hydrogens is 428 g/mol. The van der Waals surface area contributed by atoms with E-state index in [2.05, 4.69) is 15.4 Å². The molecule has 0 bridgehead atoms. The minimum Gasteiger partial charge on any atom is -0.497 e. The first-order chi connectivity index (χ1) is 15.5. The van der Waals surface area contributed by atoms with E-state index in [1.54, 1.807) is 42.1 Å². The highest BCUT2D eigenvalue weighted by Crippen LogP contribution is 2.30. The van der Waals surface area contributed by atoms with E-state index in [0.29, 0.717) is 28.0 Å². The Morgan fingerprint density at radius 3 is 2.53 bits per heavy atom. The second kappa shape index (κ2) is 9.11. The summed E-state index contributed by atoms with van der Waals surface area (Å²) in [4.78, 5) is 17.6. The Hall–Kier alpha value is -3.84. The number of nitrogens with one attached hydrogen (secondary N) is 1. The standard InChI is InChI=1S/C24H21ClN4O3/c1-15-7-4-5-10-20(15)29-23(16-8-6-9-17(25)13-16)27-22(28-29)24(30)26-19-14-18(31-2)11-12-21(19)32-3/h4-14H,1-3H3,(H,26,30). The van der Waals surface area contributed by atoms with Crippen LogP contribution in [0.25, 0.3) is 17.1 Å². The summed E-state index contributed by atoms with van der Waals surface area (Å²) in [6.07, 6.45) is 0. The molecule has 1 heterocycles. The van der Waals surface area contributed by atoms with E-state index in [0.717, 1.165) is 16.8 Å². The van der Waals surface area contributed by atoms with Crippen molar-refractivity contribution < 1.29 is 14.3 Å². The van der Waals surface area contributed by atoms with E-state index in [1.165, 1.54) is 7.11 Å². The summed E-state index contributed by atoms with van der Waals surface area (Å²) in [5, 5.41) is 7.90. The summed E-state index contributed by atoms with van der Waals surface area (Å²) in [6, 6.07) is 20.1. The summed E-state index contributed by atoms with van der Waals surface area (Å²) >= 11 is 6.20. The first-order valence-corrected chi connectivity index (χ1v) is 10.2. The Labute approximate surface area is 190 Å². The van der Waals surface area contributed by atoms with Crippen LogP contribution < -0.4 is 14.8 Å². The average Bonchev–Trinajstić information content (AvgIpc) is 3.25. The van der Waals surface area contributed by atoms with Crippen molar-refractivity contribution in [2.24, 2.45) is 0 Å². The van der Waals surface area contributed by atoms with Crippen LogP contribution in [-0.2, 0) is 0 Å².